The molecule has 3 N–H and O–H groups in total. The zero-order chi connectivity index (χ0) is 21.2. The largest absolute Gasteiger partial charge is 0.461 e. The number of amides is 1. The van der Waals surface area contributed by atoms with Gasteiger partial charge in [0.2, 0.25) is 5.79 Å². The maximum atomic E-state index is 12.5. The molecular formula is C22H28N2O5S. The van der Waals surface area contributed by atoms with Crippen LogP contribution in [0, 0.1) is 0 Å². The van der Waals surface area contributed by atoms with Crippen LogP contribution in [0.2, 0.25) is 0 Å². The van der Waals surface area contributed by atoms with Gasteiger partial charge >= 0.3 is 0 Å². The summed E-state index contributed by atoms with van der Waals surface area (Å²) in [6.07, 6.45) is 3.12. The minimum absolute atomic E-state index is 0.302. The Hall–Kier alpha value is -2.10. The molecule has 1 atom stereocenters. The SMILES string of the molecule is COC1(CNCCCCN2C(=O)c3ccccc3S2(O)O)CCc2ccccc2O1. The summed E-state index contributed by atoms with van der Waals surface area (Å²) in [5, 5.41) is 3.38. The van der Waals surface area contributed by atoms with Crippen molar-refractivity contribution in [3.63, 3.8) is 0 Å². The Labute approximate surface area is 178 Å². The molecule has 0 bridgehead atoms. The number of nitrogens with one attached hydrogen (secondary N) is 1. The summed E-state index contributed by atoms with van der Waals surface area (Å²) in [6, 6.07) is 14.7. The van der Waals surface area contributed by atoms with E-state index in [1.165, 1.54) is 9.87 Å². The highest BCUT2D eigenvalue weighted by Crippen LogP contribution is 2.58. The monoisotopic (exact) mass is 432 g/mol. The Balaban J connectivity index is 1.24. The molecule has 0 saturated heterocycles. The first-order valence-corrected chi connectivity index (χ1v) is 11.7. The number of ether oxygens (including phenoxy) is 2. The molecule has 1 unspecified atom stereocenters. The van der Waals surface area contributed by atoms with E-state index in [9.17, 15) is 13.9 Å². The molecule has 0 radical (unpaired) electrons. The average molecular weight is 433 g/mol. The number of nitrogens with zero attached hydrogens (tertiary/aromatic N) is 1. The van der Waals surface area contributed by atoms with Gasteiger partial charge in [0.1, 0.15) is 5.75 Å². The van der Waals surface area contributed by atoms with Crippen molar-refractivity contribution in [3.05, 3.63) is 59.7 Å². The Morgan fingerprint density at radius 3 is 2.73 bits per heavy atom. The van der Waals surface area contributed by atoms with E-state index in [0.29, 0.717) is 36.5 Å². The Morgan fingerprint density at radius 2 is 1.93 bits per heavy atom. The lowest BCUT2D eigenvalue weighted by atomic mass is 9.99. The van der Waals surface area contributed by atoms with Crippen LogP contribution in [0.15, 0.2) is 53.4 Å². The van der Waals surface area contributed by atoms with Gasteiger partial charge in [-0.15, -0.1) is 0 Å². The maximum absolute atomic E-state index is 12.5. The Bertz CT molecular complexity index is 922. The van der Waals surface area contributed by atoms with E-state index in [1.54, 1.807) is 31.4 Å². The molecule has 2 aromatic carbocycles. The molecule has 0 aromatic heterocycles. The van der Waals surface area contributed by atoms with E-state index in [1.807, 2.05) is 18.2 Å². The van der Waals surface area contributed by atoms with Crippen molar-refractivity contribution in [1.29, 1.82) is 0 Å². The fourth-order valence-electron chi connectivity index (χ4n) is 3.99. The van der Waals surface area contributed by atoms with Crippen molar-refractivity contribution >= 4 is 16.7 Å². The summed E-state index contributed by atoms with van der Waals surface area (Å²) < 4.78 is 34.0. The fourth-order valence-corrected chi connectivity index (χ4v) is 5.65. The van der Waals surface area contributed by atoms with Gasteiger partial charge in [-0.05, 0) is 49.6 Å². The van der Waals surface area contributed by atoms with Crippen LogP contribution in [-0.2, 0) is 11.2 Å². The van der Waals surface area contributed by atoms with E-state index in [4.69, 9.17) is 9.47 Å². The smallest absolute Gasteiger partial charge is 0.274 e. The number of carbonyl (C=O) groups is 1. The second-order valence-electron chi connectivity index (χ2n) is 7.63. The van der Waals surface area contributed by atoms with Crippen molar-refractivity contribution in [3.8, 4) is 5.75 Å². The van der Waals surface area contributed by atoms with Crippen LogP contribution in [-0.4, -0.2) is 51.8 Å². The lowest BCUT2D eigenvalue weighted by Crippen LogP contribution is -2.49. The van der Waals surface area contributed by atoms with E-state index >= 15 is 0 Å². The topological polar surface area (TPSA) is 91.3 Å². The van der Waals surface area contributed by atoms with Crippen LogP contribution < -0.4 is 10.1 Å². The third-order valence-electron chi connectivity index (χ3n) is 5.72. The molecule has 2 aromatic rings. The summed E-state index contributed by atoms with van der Waals surface area (Å²) in [5.74, 6) is -0.132. The zero-order valence-electron chi connectivity index (χ0n) is 17.0. The first-order chi connectivity index (χ1) is 14.5. The molecule has 4 rings (SSSR count). The predicted octanol–water partition coefficient (Wildman–Crippen LogP) is 3.90. The molecule has 0 aliphatic carbocycles. The molecule has 0 spiro atoms. The quantitative estimate of drug-likeness (QED) is 0.548. The van der Waals surface area contributed by atoms with Crippen LogP contribution in [0.1, 0.15) is 35.2 Å². The van der Waals surface area contributed by atoms with Gasteiger partial charge < -0.3 is 14.8 Å². The number of aryl methyl sites for hydroxylation is 1. The molecule has 8 heteroatoms. The lowest BCUT2D eigenvalue weighted by molar-refractivity contribution is -0.171. The number of hydrogen-bond donors (Lipinski definition) is 3. The van der Waals surface area contributed by atoms with Gasteiger partial charge in [-0.2, -0.15) is 0 Å². The highest BCUT2D eigenvalue weighted by atomic mass is 32.3. The predicted molar refractivity (Wildman–Crippen MR) is 116 cm³/mol. The van der Waals surface area contributed by atoms with Crippen molar-refractivity contribution in [2.45, 2.75) is 36.4 Å². The molecule has 30 heavy (non-hydrogen) atoms. The second-order valence-corrected chi connectivity index (χ2v) is 9.55. The fraction of sp³-hybridized carbons (Fsp3) is 0.409. The second kappa shape index (κ2) is 8.56. The van der Waals surface area contributed by atoms with E-state index < -0.39 is 16.6 Å². The number of para-hydroxylation sites is 1. The van der Waals surface area contributed by atoms with Crippen molar-refractivity contribution in [2.75, 3.05) is 26.7 Å². The van der Waals surface area contributed by atoms with Gasteiger partial charge in [0.25, 0.3) is 5.91 Å². The minimum Gasteiger partial charge on any atom is -0.461 e. The Kier molecular flexibility index (Phi) is 6.04. The summed E-state index contributed by atoms with van der Waals surface area (Å²) >= 11 is 0. The van der Waals surface area contributed by atoms with Gasteiger partial charge in [0.15, 0.2) is 0 Å². The molecule has 0 saturated carbocycles. The van der Waals surface area contributed by atoms with Crippen LogP contribution in [0.25, 0.3) is 0 Å². The van der Waals surface area contributed by atoms with Crippen LogP contribution in [0.3, 0.4) is 0 Å². The average Bonchev–Trinajstić information content (AvgIpc) is 2.96. The normalized spacial score (nSPS) is 22.9. The van der Waals surface area contributed by atoms with Crippen LogP contribution in [0.5, 0.6) is 5.75 Å². The highest BCUT2D eigenvalue weighted by Gasteiger charge is 2.40. The number of unbranched alkanes of at least 4 members (excludes halogenated alkanes) is 1. The number of benzene rings is 2. The zero-order valence-corrected chi connectivity index (χ0v) is 17.9. The third-order valence-corrected chi connectivity index (χ3v) is 7.63. The molecule has 2 aliphatic rings. The number of hydrogen-bond acceptors (Lipinski definition) is 6. The van der Waals surface area contributed by atoms with Gasteiger partial charge in [0, 0.05) is 20.1 Å². The number of rotatable bonds is 8. The van der Waals surface area contributed by atoms with Crippen molar-refractivity contribution in [2.24, 2.45) is 0 Å². The molecule has 1 amide bonds. The van der Waals surface area contributed by atoms with E-state index in [0.717, 1.165) is 25.0 Å². The van der Waals surface area contributed by atoms with Gasteiger partial charge in [-0.25, -0.2) is 4.31 Å². The number of methoxy groups -OCH3 is 1. The minimum atomic E-state index is -3.22. The first-order valence-electron chi connectivity index (χ1n) is 10.2. The molecule has 2 heterocycles. The van der Waals surface area contributed by atoms with Gasteiger partial charge in [0.05, 0.1) is 17.0 Å². The van der Waals surface area contributed by atoms with Gasteiger partial charge in [-0.1, -0.05) is 41.1 Å². The van der Waals surface area contributed by atoms with E-state index in [2.05, 4.69) is 11.4 Å². The maximum Gasteiger partial charge on any atom is 0.274 e. The van der Waals surface area contributed by atoms with Crippen LogP contribution >= 0.6 is 10.8 Å². The standard InChI is InChI=1S/C22H28N2O5S/c1-28-22(13-12-17-8-2-4-10-19(17)29-22)16-23-14-6-7-15-24-21(25)18-9-3-5-11-20(18)30(24,26)27/h2-5,8-11,23,26-27H,6-7,12-16H2,1H3. The van der Waals surface area contributed by atoms with Crippen molar-refractivity contribution < 1.29 is 23.4 Å². The first kappa shape index (κ1) is 21.1. The molecule has 162 valence electrons. The van der Waals surface area contributed by atoms with Crippen molar-refractivity contribution in [1.82, 2.24) is 9.62 Å². The Morgan fingerprint density at radius 1 is 1.17 bits per heavy atom. The van der Waals surface area contributed by atoms with Crippen LogP contribution in [0.4, 0.5) is 0 Å². The summed E-state index contributed by atoms with van der Waals surface area (Å²) in [5.41, 5.74) is 1.58. The molecular weight excluding hydrogens is 404 g/mol. The third kappa shape index (κ3) is 3.93. The molecule has 0 fully saturated rings. The van der Waals surface area contributed by atoms with Gasteiger partial charge in [-0.3, -0.25) is 13.9 Å². The highest BCUT2D eigenvalue weighted by molar-refractivity contribution is 8.23. The summed E-state index contributed by atoms with van der Waals surface area (Å²) in [4.78, 5) is 12.8. The van der Waals surface area contributed by atoms with E-state index in [-0.39, 0.29) is 5.91 Å². The molecule has 2 aliphatic heterocycles. The summed E-state index contributed by atoms with van der Waals surface area (Å²) in [6.45, 7) is 1.57. The lowest BCUT2D eigenvalue weighted by Gasteiger charge is -2.37. The number of carbonyl (C=O) groups excluding carboxylic acids is 1. The number of fused-ring (bicyclic) bond motifs is 2. The summed E-state index contributed by atoms with van der Waals surface area (Å²) in [7, 11) is -1.56. The molecule has 7 nitrogen and oxygen atoms in total.